The van der Waals surface area contributed by atoms with Gasteiger partial charge in [0.1, 0.15) is 13.2 Å². The molecule has 0 heterocycles. The molecule has 6 heteroatoms. The van der Waals surface area contributed by atoms with Gasteiger partial charge < -0.3 is 14.2 Å². The summed E-state index contributed by atoms with van der Waals surface area (Å²) in [6, 6.07) is 0. The summed E-state index contributed by atoms with van der Waals surface area (Å²) in [6.07, 6.45) is 95.3. The van der Waals surface area contributed by atoms with E-state index < -0.39 is 6.10 Å². The maximum Gasteiger partial charge on any atom is 0.306 e. The number of hydrogen-bond donors (Lipinski definition) is 0. The molecule has 0 N–H and O–H groups in total. The Morgan fingerprint density at radius 1 is 0.256 bits per heavy atom. The standard InChI is InChI=1S/C76H130O6/c1-4-7-10-13-16-19-22-25-28-30-32-34-36-37-38-39-41-42-44-46-48-51-54-57-60-63-66-69-75(78)81-72-73(71-80-74(77)68-65-62-59-56-53-50-27-24-21-18-15-12-9-6-3)82-76(79)70-67-64-61-58-55-52-49-47-45-43-40-35-33-31-29-26-23-20-17-14-11-8-5-2/h7,10,15-16,18-19,24-25,27-28,31-34,37-38,41-42,73H,4-6,8-9,11-14,17,20-23,26,29-30,35-36,39-40,43-72H2,1-3H3/b10-7-,18-15-,19-16-,27-24-,28-25-,33-31-,34-32-,38-37-,42-41-. The average Bonchev–Trinajstić information content (AvgIpc) is 3.48. The van der Waals surface area contributed by atoms with Crippen molar-refractivity contribution in [3.8, 4) is 0 Å². The van der Waals surface area contributed by atoms with E-state index in [0.29, 0.717) is 19.3 Å². The van der Waals surface area contributed by atoms with Crippen LogP contribution in [0.2, 0.25) is 0 Å². The summed E-state index contributed by atoms with van der Waals surface area (Å²) in [5.74, 6) is -0.897. The topological polar surface area (TPSA) is 78.9 Å². The Balaban J connectivity index is 4.34. The smallest absolute Gasteiger partial charge is 0.306 e. The third kappa shape index (κ3) is 66.9. The van der Waals surface area contributed by atoms with Gasteiger partial charge in [-0.1, -0.05) is 304 Å². The van der Waals surface area contributed by atoms with Gasteiger partial charge in [0.15, 0.2) is 6.10 Å². The molecule has 0 saturated heterocycles. The molecule has 0 aliphatic rings. The van der Waals surface area contributed by atoms with Gasteiger partial charge in [-0.2, -0.15) is 0 Å². The van der Waals surface area contributed by atoms with E-state index in [4.69, 9.17) is 14.2 Å². The first-order valence-corrected chi connectivity index (χ1v) is 34.9. The lowest BCUT2D eigenvalue weighted by atomic mass is 10.0. The second kappa shape index (κ2) is 69.6. The summed E-state index contributed by atoms with van der Waals surface area (Å²) >= 11 is 0. The Morgan fingerprint density at radius 3 is 0.793 bits per heavy atom. The molecule has 0 radical (unpaired) electrons. The lowest BCUT2D eigenvalue weighted by Gasteiger charge is -2.18. The second-order valence-electron chi connectivity index (χ2n) is 23.1. The summed E-state index contributed by atoms with van der Waals surface area (Å²) in [4.78, 5) is 38.4. The molecular weight excluding hydrogens is 1010 g/mol. The van der Waals surface area contributed by atoms with E-state index in [-0.39, 0.29) is 31.1 Å². The van der Waals surface area contributed by atoms with Crippen molar-refractivity contribution in [1.82, 2.24) is 0 Å². The van der Waals surface area contributed by atoms with E-state index in [9.17, 15) is 14.4 Å². The van der Waals surface area contributed by atoms with Gasteiger partial charge in [0.2, 0.25) is 0 Å². The molecule has 82 heavy (non-hydrogen) atoms. The normalized spacial score (nSPS) is 12.8. The van der Waals surface area contributed by atoms with Gasteiger partial charge in [-0.25, -0.2) is 0 Å². The molecule has 0 spiro atoms. The molecule has 0 bridgehead atoms. The first kappa shape index (κ1) is 78.1. The molecule has 0 aromatic carbocycles. The van der Waals surface area contributed by atoms with E-state index in [1.807, 2.05) is 0 Å². The van der Waals surface area contributed by atoms with Crippen LogP contribution in [0.25, 0.3) is 0 Å². The Bertz CT molecular complexity index is 1640. The van der Waals surface area contributed by atoms with E-state index >= 15 is 0 Å². The summed E-state index contributed by atoms with van der Waals surface area (Å²) in [5, 5.41) is 0. The number of hydrogen-bond acceptors (Lipinski definition) is 6. The molecule has 0 rings (SSSR count). The molecule has 1 unspecified atom stereocenters. The minimum atomic E-state index is -0.791. The maximum atomic E-state index is 13.0. The van der Waals surface area contributed by atoms with Gasteiger partial charge in [-0.15, -0.1) is 0 Å². The maximum absolute atomic E-state index is 13.0. The molecule has 0 aromatic heterocycles. The fourth-order valence-corrected chi connectivity index (χ4v) is 9.75. The fourth-order valence-electron chi connectivity index (χ4n) is 9.75. The average molecular weight is 1140 g/mol. The first-order chi connectivity index (χ1) is 40.5. The van der Waals surface area contributed by atoms with Crippen molar-refractivity contribution in [2.45, 2.75) is 341 Å². The molecule has 6 nitrogen and oxygen atoms in total. The van der Waals surface area contributed by atoms with Crippen molar-refractivity contribution in [3.63, 3.8) is 0 Å². The monoisotopic (exact) mass is 1140 g/mol. The highest BCUT2D eigenvalue weighted by Gasteiger charge is 2.19. The fraction of sp³-hybridized carbons (Fsp3) is 0.724. The van der Waals surface area contributed by atoms with Crippen LogP contribution in [0.4, 0.5) is 0 Å². The SMILES string of the molecule is CC/C=C\C/C=C\C/C=C\C/C=C\C/C=C\C/C=C\CCCCCCCCCCC(=O)OCC(COC(=O)CCCCCCC/C=C\C/C=C\CCCC)OC(=O)CCCCCCCCCCCCC/C=C\CCCCCCCCCC. The largest absolute Gasteiger partial charge is 0.462 e. The van der Waals surface area contributed by atoms with E-state index in [1.54, 1.807) is 0 Å². The zero-order valence-electron chi connectivity index (χ0n) is 54.0. The van der Waals surface area contributed by atoms with E-state index in [0.717, 1.165) is 128 Å². The van der Waals surface area contributed by atoms with Gasteiger partial charge in [-0.3, -0.25) is 14.4 Å². The van der Waals surface area contributed by atoms with Crippen molar-refractivity contribution in [2.75, 3.05) is 13.2 Å². The van der Waals surface area contributed by atoms with Crippen LogP contribution in [0.1, 0.15) is 335 Å². The summed E-state index contributed by atoms with van der Waals surface area (Å²) < 4.78 is 17.0. The number of carbonyl (C=O) groups excluding carboxylic acids is 3. The van der Waals surface area contributed by atoms with Crippen LogP contribution in [-0.2, 0) is 28.6 Å². The van der Waals surface area contributed by atoms with Crippen molar-refractivity contribution in [1.29, 1.82) is 0 Å². The molecule has 0 saturated carbocycles. The molecule has 0 fully saturated rings. The van der Waals surface area contributed by atoms with Gasteiger partial charge >= 0.3 is 17.9 Å². The predicted molar refractivity (Wildman–Crippen MR) is 357 cm³/mol. The molecule has 1 atom stereocenters. The quantitative estimate of drug-likeness (QED) is 0.0261. The summed E-state index contributed by atoms with van der Waals surface area (Å²) in [7, 11) is 0. The molecule has 0 aromatic rings. The predicted octanol–water partition coefficient (Wildman–Crippen LogP) is 24.2. The van der Waals surface area contributed by atoms with Crippen LogP contribution >= 0.6 is 0 Å². The van der Waals surface area contributed by atoms with Crippen LogP contribution in [0.15, 0.2) is 109 Å². The molecule has 470 valence electrons. The Hall–Kier alpha value is -3.93. The highest BCUT2D eigenvalue weighted by atomic mass is 16.6. The van der Waals surface area contributed by atoms with Gasteiger partial charge in [-0.05, 0) is 122 Å². The number of esters is 3. The van der Waals surface area contributed by atoms with Crippen LogP contribution in [0.3, 0.4) is 0 Å². The minimum absolute atomic E-state index is 0.0868. The third-order valence-corrected chi connectivity index (χ3v) is 15.0. The number of ether oxygens (including phenoxy) is 3. The Kier molecular flexibility index (Phi) is 66.2. The van der Waals surface area contributed by atoms with Crippen molar-refractivity contribution in [2.24, 2.45) is 0 Å². The molecular formula is C76H130O6. The third-order valence-electron chi connectivity index (χ3n) is 15.0. The summed E-state index contributed by atoms with van der Waals surface area (Å²) in [6.45, 7) is 6.50. The molecule has 0 amide bonds. The van der Waals surface area contributed by atoms with Crippen LogP contribution in [0.5, 0.6) is 0 Å². The van der Waals surface area contributed by atoms with Crippen molar-refractivity contribution in [3.05, 3.63) is 109 Å². The number of carbonyl (C=O) groups is 3. The highest BCUT2D eigenvalue weighted by Crippen LogP contribution is 2.17. The second-order valence-corrected chi connectivity index (χ2v) is 23.1. The lowest BCUT2D eigenvalue weighted by Crippen LogP contribution is -2.30. The van der Waals surface area contributed by atoms with Gasteiger partial charge in [0, 0.05) is 19.3 Å². The zero-order valence-corrected chi connectivity index (χ0v) is 54.0. The first-order valence-electron chi connectivity index (χ1n) is 34.9. The van der Waals surface area contributed by atoms with Crippen LogP contribution in [0, 0.1) is 0 Å². The number of unbranched alkanes of at least 4 members (excludes halogenated alkanes) is 34. The molecule has 0 aliphatic heterocycles. The zero-order chi connectivity index (χ0) is 59.2. The Labute approximate surface area is 508 Å². The van der Waals surface area contributed by atoms with E-state index in [1.165, 1.54) is 167 Å². The van der Waals surface area contributed by atoms with Crippen LogP contribution < -0.4 is 0 Å². The summed E-state index contributed by atoms with van der Waals surface area (Å²) in [5.41, 5.74) is 0. The number of allylic oxidation sites excluding steroid dienone is 18. The van der Waals surface area contributed by atoms with Gasteiger partial charge in [0.05, 0.1) is 0 Å². The molecule has 0 aliphatic carbocycles. The lowest BCUT2D eigenvalue weighted by molar-refractivity contribution is -0.167. The minimum Gasteiger partial charge on any atom is -0.462 e. The highest BCUT2D eigenvalue weighted by molar-refractivity contribution is 5.71. The van der Waals surface area contributed by atoms with E-state index in [2.05, 4.69) is 130 Å². The van der Waals surface area contributed by atoms with Crippen LogP contribution in [-0.4, -0.2) is 37.2 Å². The number of rotatable bonds is 63. The van der Waals surface area contributed by atoms with Crippen molar-refractivity contribution < 1.29 is 28.6 Å². The van der Waals surface area contributed by atoms with Gasteiger partial charge in [0.25, 0.3) is 0 Å². The Morgan fingerprint density at radius 2 is 0.488 bits per heavy atom. The van der Waals surface area contributed by atoms with Crippen molar-refractivity contribution >= 4 is 17.9 Å².